The second kappa shape index (κ2) is 7.77. The highest BCUT2D eigenvalue weighted by molar-refractivity contribution is 7.89. The molecule has 0 amide bonds. The van der Waals surface area contributed by atoms with Gasteiger partial charge in [0.15, 0.2) is 0 Å². The van der Waals surface area contributed by atoms with Gasteiger partial charge in [0.05, 0.1) is 4.90 Å². The van der Waals surface area contributed by atoms with Gasteiger partial charge in [-0.3, -0.25) is 0 Å². The molecule has 0 aromatic heterocycles. The number of benzene rings is 1. The number of nitrogens with one attached hydrogen (secondary N) is 2. The maximum atomic E-state index is 12.0. The van der Waals surface area contributed by atoms with Crippen molar-refractivity contribution >= 4 is 15.7 Å². The van der Waals surface area contributed by atoms with Gasteiger partial charge in [-0.1, -0.05) is 0 Å². The molecular weight excluding hydrogens is 288 g/mol. The zero-order valence-corrected chi connectivity index (χ0v) is 13.3. The van der Waals surface area contributed by atoms with E-state index in [1.165, 1.54) is 0 Å². The largest absolute Gasteiger partial charge is 0.385 e. The molecule has 0 saturated heterocycles. The third kappa shape index (κ3) is 5.65. The number of hydrogen-bond acceptors (Lipinski definition) is 4. The van der Waals surface area contributed by atoms with Gasteiger partial charge < -0.3 is 10.1 Å². The number of ether oxygens (including phenoxy) is 1. The Bertz CT molecular complexity index is 524. The summed E-state index contributed by atoms with van der Waals surface area (Å²) < 4.78 is 31.7. The Hall–Kier alpha value is -1.11. The zero-order valence-electron chi connectivity index (χ0n) is 12.5. The normalized spacial score (nSPS) is 15.1. The first-order chi connectivity index (χ1) is 10.1. The molecule has 118 valence electrons. The van der Waals surface area contributed by atoms with Gasteiger partial charge >= 0.3 is 0 Å². The van der Waals surface area contributed by atoms with Gasteiger partial charge in [-0.2, -0.15) is 0 Å². The lowest BCUT2D eigenvalue weighted by Crippen LogP contribution is -2.25. The lowest BCUT2D eigenvalue weighted by molar-refractivity contribution is 0.192. The Kier molecular flexibility index (Phi) is 6.02. The molecule has 1 aromatic carbocycles. The molecule has 1 aliphatic carbocycles. The molecule has 1 aromatic rings. The van der Waals surface area contributed by atoms with Crippen molar-refractivity contribution in [1.82, 2.24) is 4.72 Å². The van der Waals surface area contributed by atoms with Crippen molar-refractivity contribution in [2.45, 2.75) is 43.0 Å². The molecule has 0 aliphatic heterocycles. The van der Waals surface area contributed by atoms with Crippen molar-refractivity contribution in [3.63, 3.8) is 0 Å². The topological polar surface area (TPSA) is 67.4 Å². The maximum absolute atomic E-state index is 12.0. The second-order valence-electron chi connectivity index (χ2n) is 5.40. The highest BCUT2D eigenvalue weighted by Gasteiger charge is 2.27. The van der Waals surface area contributed by atoms with Crippen molar-refractivity contribution in [1.29, 1.82) is 0 Å². The number of rotatable bonds is 10. The lowest BCUT2D eigenvalue weighted by Gasteiger charge is -2.08. The van der Waals surface area contributed by atoms with Crippen LogP contribution in [-0.4, -0.2) is 34.7 Å². The SMILES string of the molecule is COCCCCCNc1ccc(S(=O)(=O)NC2CC2)cc1. The summed E-state index contributed by atoms with van der Waals surface area (Å²) in [5, 5.41) is 3.30. The van der Waals surface area contributed by atoms with Crippen LogP contribution in [0.25, 0.3) is 0 Å². The first-order valence-electron chi connectivity index (χ1n) is 7.47. The van der Waals surface area contributed by atoms with Crippen LogP contribution in [0, 0.1) is 0 Å². The van der Waals surface area contributed by atoms with Gasteiger partial charge in [0.25, 0.3) is 0 Å². The standard InChI is InChI=1S/C15H24N2O3S/c1-20-12-4-2-3-11-16-13-7-9-15(10-8-13)21(18,19)17-14-5-6-14/h7-10,14,16-17H,2-6,11-12H2,1H3. The minimum atomic E-state index is -3.34. The van der Waals surface area contributed by atoms with Crippen LogP contribution < -0.4 is 10.0 Å². The third-order valence-corrected chi connectivity index (χ3v) is 4.95. The van der Waals surface area contributed by atoms with E-state index in [1.54, 1.807) is 19.2 Å². The Labute approximate surface area is 127 Å². The Morgan fingerprint density at radius 2 is 1.86 bits per heavy atom. The summed E-state index contributed by atoms with van der Waals surface area (Å²) in [4.78, 5) is 0.333. The van der Waals surface area contributed by atoms with E-state index >= 15 is 0 Å². The predicted molar refractivity (Wildman–Crippen MR) is 84.0 cm³/mol. The molecule has 5 nitrogen and oxygen atoms in total. The maximum Gasteiger partial charge on any atom is 0.240 e. The molecule has 1 fully saturated rings. The second-order valence-corrected chi connectivity index (χ2v) is 7.11. The molecule has 2 rings (SSSR count). The number of sulfonamides is 1. The summed E-state index contributed by atoms with van der Waals surface area (Å²) in [6.45, 7) is 1.69. The van der Waals surface area contributed by atoms with Crippen LogP contribution in [0.4, 0.5) is 5.69 Å². The van der Waals surface area contributed by atoms with Crippen LogP contribution in [-0.2, 0) is 14.8 Å². The van der Waals surface area contributed by atoms with Crippen LogP contribution in [0.2, 0.25) is 0 Å². The smallest absolute Gasteiger partial charge is 0.240 e. The summed E-state index contributed by atoms with van der Waals surface area (Å²) in [6, 6.07) is 7.07. The fourth-order valence-electron chi connectivity index (χ4n) is 2.02. The quantitative estimate of drug-likeness (QED) is 0.651. The average molecular weight is 312 g/mol. The van der Waals surface area contributed by atoms with Crippen molar-refractivity contribution in [3.05, 3.63) is 24.3 Å². The van der Waals surface area contributed by atoms with E-state index < -0.39 is 10.0 Å². The molecule has 1 aliphatic rings. The fraction of sp³-hybridized carbons (Fsp3) is 0.600. The first kappa shape index (κ1) is 16.3. The summed E-state index contributed by atoms with van der Waals surface area (Å²) in [5.74, 6) is 0. The van der Waals surface area contributed by atoms with Gasteiger partial charge in [-0.05, 0) is 56.4 Å². The summed E-state index contributed by atoms with van der Waals surface area (Å²) in [5.41, 5.74) is 0.951. The van der Waals surface area contributed by atoms with E-state index in [9.17, 15) is 8.42 Å². The molecule has 0 radical (unpaired) electrons. The first-order valence-corrected chi connectivity index (χ1v) is 8.95. The highest BCUT2D eigenvalue weighted by atomic mass is 32.2. The number of methoxy groups -OCH3 is 1. The van der Waals surface area contributed by atoms with Crippen LogP contribution in [0.1, 0.15) is 32.1 Å². The molecule has 0 heterocycles. The molecule has 0 spiro atoms. The molecule has 6 heteroatoms. The van der Waals surface area contributed by atoms with Crippen molar-refractivity contribution in [2.24, 2.45) is 0 Å². The van der Waals surface area contributed by atoms with Gasteiger partial charge in [0, 0.05) is 32.0 Å². The predicted octanol–water partition coefficient (Wildman–Crippen LogP) is 2.36. The minimum absolute atomic E-state index is 0.139. The van der Waals surface area contributed by atoms with E-state index in [0.717, 1.165) is 50.9 Å². The molecule has 0 bridgehead atoms. The van der Waals surface area contributed by atoms with E-state index in [1.807, 2.05) is 12.1 Å². The summed E-state index contributed by atoms with van der Waals surface area (Å²) in [6.07, 6.45) is 5.16. The molecule has 2 N–H and O–H groups in total. The van der Waals surface area contributed by atoms with Crippen LogP contribution >= 0.6 is 0 Å². The summed E-state index contributed by atoms with van der Waals surface area (Å²) >= 11 is 0. The van der Waals surface area contributed by atoms with E-state index in [0.29, 0.717) is 4.90 Å². The lowest BCUT2D eigenvalue weighted by atomic mass is 10.2. The molecule has 21 heavy (non-hydrogen) atoms. The number of hydrogen-bond donors (Lipinski definition) is 2. The molecular formula is C15H24N2O3S. The van der Waals surface area contributed by atoms with Gasteiger partial charge in [0.1, 0.15) is 0 Å². The Morgan fingerprint density at radius 3 is 2.48 bits per heavy atom. The van der Waals surface area contributed by atoms with E-state index in [-0.39, 0.29) is 6.04 Å². The van der Waals surface area contributed by atoms with Crippen LogP contribution in [0.15, 0.2) is 29.2 Å². The van der Waals surface area contributed by atoms with E-state index in [2.05, 4.69) is 10.0 Å². The summed E-state index contributed by atoms with van der Waals surface area (Å²) in [7, 11) is -1.63. The minimum Gasteiger partial charge on any atom is -0.385 e. The van der Waals surface area contributed by atoms with Crippen molar-refractivity contribution < 1.29 is 13.2 Å². The van der Waals surface area contributed by atoms with Crippen LogP contribution in [0.3, 0.4) is 0 Å². The van der Waals surface area contributed by atoms with Gasteiger partial charge in [0.2, 0.25) is 10.0 Å². The monoisotopic (exact) mass is 312 g/mol. The Morgan fingerprint density at radius 1 is 1.14 bits per heavy atom. The number of unbranched alkanes of at least 4 members (excludes halogenated alkanes) is 2. The highest BCUT2D eigenvalue weighted by Crippen LogP contribution is 2.22. The number of anilines is 1. The Balaban J connectivity index is 1.76. The van der Waals surface area contributed by atoms with Crippen molar-refractivity contribution in [2.75, 3.05) is 25.6 Å². The van der Waals surface area contributed by atoms with Gasteiger partial charge in [-0.15, -0.1) is 0 Å². The molecule has 0 atom stereocenters. The zero-order chi connectivity index (χ0) is 15.1. The van der Waals surface area contributed by atoms with Gasteiger partial charge in [-0.25, -0.2) is 13.1 Å². The molecule has 0 unspecified atom stereocenters. The fourth-order valence-corrected chi connectivity index (χ4v) is 3.33. The van der Waals surface area contributed by atoms with E-state index in [4.69, 9.17) is 4.74 Å². The van der Waals surface area contributed by atoms with Crippen LogP contribution in [0.5, 0.6) is 0 Å². The third-order valence-electron chi connectivity index (χ3n) is 3.42. The van der Waals surface area contributed by atoms with Crippen molar-refractivity contribution in [3.8, 4) is 0 Å². The average Bonchev–Trinajstić information content (AvgIpc) is 3.26. The molecule has 1 saturated carbocycles.